The molecule has 0 aromatic heterocycles. The zero-order valence-electron chi connectivity index (χ0n) is 10.0. The van der Waals surface area contributed by atoms with Crippen molar-refractivity contribution in [2.45, 2.75) is 45.1 Å². The molecule has 0 aromatic carbocycles. The summed E-state index contributed by atoms with van der Waals surface area (Å²) in [6, 6.07) is 0.341. The van der Waals surface area contributed by atoms with Gasteiger partial charge in [-0.05, 0) is 58.0 Å². The van der Waals surface area contributed by atoms with E-state index in [4.69, 9.17) is 10.5 Å². The van der Waals surface area contributed by atoms with Crippen LogP contribution in [-0.4, -0.2) is 32.3 Å². The Kier molecular flexibility index (Phi) is 6.98. The maximum atomic E-state index is 5.66. The number of hydrogen-bond acceptors (Lipinski definition) is 3. The Bertz CT molecular complexity index is 139. The molecule has 90 valence electrons. The van der Waals surface area contributed by atoms with E-state index in [-0.39, 0.29) is 0 Å². The summed E-state index contributed by atoms with van der Waals surface area (Å²) in [4.78, 5) is 0. The second-order valence-corrected chi connectivity index (χ2v) is 4.74. The highest BCUT2D eigenvalue weighted by Crippen LogP contribution is 2.28. The molecule has 1 aliphatic rings. The Balaban J connectivity index is 1.65. The van der Waals surface area contributed by atoms with Crippen LogP contribution in [0.1, 0.15) is 39.0 Å². The first-order valence-corrected chi connectivity index (χ1v) is 6.33. The predicted molar refractivity (Wildman–Crippen MR) is 63.9 cm³/mol. The van der Waals surface area contributed by atoms with Crippen LogP contribution in [0.25, 0.3) is 0 Å². The van der Waals surface area contributed by atoms with E-state index in [1.165, 1.54) is 19.3 Å². The van der Waals surface area contributed by atoms with Crippen LogP contribution in [-0.2, 0) is 4.74 Å². The fourth-order valence-corrected chi connectivity index (χ4v) is 1.51. The fraction of sp³-hybridized carbons (Fsp3) is 1.00. The molecule has 0 heterocycles. The van der Waals surface area contributed by atoms with Crippen LogP contribution in [0.5, 0.6) is 0 Å². The minimum atomic E-state index is 0.341. The van der Waals surface area contributed by atoms with E-state index in [2.05, 4.69) is 12.2 Å². The Labute approximate surface area is 93.8 Å². The first-order valence-electron chi connectivity index (χ1n) is 6.33. The molecule has 0 aromatic rings. The van der Waals surface area contributed by atoms with Crippen molar-refractivity contribution >= 4 is 0 Å². The molecule has 3 N–H and O–H groups in total. The van der Waals surface area contributed by atoms with Crippen LogP contribution < -0.4 is 11.1 Å². The molecule has 3 heteroatoms. The summed E-state index contributed by atoms with van der Waals surface area (Å²) in [6.07, 6.45) is 6.20. The molecule has 1 atom stereocenters. The molecule has 1 fully saturated rings. The maximum absolute atomic E-state index is 5.66. The number of nitrogens with one attached hydrogen (secondary N) is 1. The van der Waals surface area contributed by atoms with Crippen molar-refractivity contribution in [1.82, 2.24) is 5.32 Å². The summed E-state index contributed by atoms with van der Waals surface area (Å²) in [5.74, 6) is 0.893. The quantitative estimate of drug-likeness (QED) is 0.542. The highest BCUT2D eigenvalue weighted by atomic mass is 16.5. The van der Waals surface area contributed by atoms with Gasteiger partial charge in [-0.15, -0.1) is 0 Å². The minimum Gasteiger partial charge on any atom is -0.381 e. The first-order chi connectivity index (χ1) is 7.29. The highest BCUT2D eigenvalue weighted by Gasteiger charge is 2.20. The number of rotatable bonds is 10. The largest absolute Gasteiger partial charge is 0.381 e. The molecule has 0 aliphatic heterocycles. The van der Waals surface area contributed by atoms with E-state index < -0.39 is 0 Å². The van der Waals surface area contributed by atoms with Crippen molar-refractivity contribution in [2.75, 3.05) is 26.3 Å². The van der Waals surface area contributed by atoms with Crippen molar-refractivity contribution in [3.05, 3.63) is 0 Å². The second kappa shape index (κ2) is 8.08. The SMILES string of the molecule is CC(N)CCCNCCCOCC1CC1. The van der Waals surface area contributed by atoms with E-state index in [1.807, 2.05) is 0 Å². The molecule has 0 radical (unpaired) electrons. The van der Waals surface area contributed by atoms with E-state index >= 15 is 0 Å². The van der Waals surface area contributed by atoms with E-state index in [9.17, 15) is 0 Å². The topological polar surface area (TPSA) is 47.3 Å². The van der Waals surface area contributed by atoms with Gasteiger partial charge in [0.2, 0.25) is 0 Å². The fourth-order valence-electron chi connectivity index (χ4n) is 1.51. The lowest BCUT2D eigenvalue weighted by Gasteiger charge is -2.07. The maximum Gasteiger partial charge on any atom is 0.0494 e. The molecular weight excluding hydrogens is 188 g/mol. The second-order valence-electron chi connectivity index (χ2n) is 4.74. The Morgan fingerprint density at radius 1 is 1.33 bits per heavy atom. The molecule has 3 nitrogen and oxygen atoms in total. The molecule has 1 aliphatic carbocycles. The lowest BCUT2D eigenvalue weighted by molar-refractivity contribution is 0.122. The lowest BCUT2D eigenvalue weighted by Crippen LogP contribution is -2.21. The third-order valence-electron chi connectivity index (χ3n) is 2.71. The molecule has 0 saturated heterocycles. The number of nitrogens with two attached hydrogens (primary N) is 1. The summed E-state index contributed by atoms with van der Waals surface area (Å²) in [6.45, 7) is 6.13. The van der Waals surface area contributed by atoms with Gasteiger partial charge in [0.15, 0.2) is 0 Å². The van der Waals surface area contributed by atoms with Crippen molar-refractivity contribution in [3.8, 4) is 0 Å². The van der Waals surface area contributed by atoms with Crippen LogP contribution in [0, 0.1) is 5.92 Å². The van der Waals surface area contributed by atoms with E-state index in [0.29, 0.717) is 6.04 Å². The standard InChI is InChI=1S/C12H26N2O/c1-11(13)4-2-7-14-8-3-9-15-10-12-5-6-12/h11-12,14H,2-10,13H2,1H3. The average Bonchev–Trinajstić information content (AvgIpc) is 2.98. The summed E-state index contributed by atoms with van der Waals surface area (Å²) in [7, 11) is 0. The third-order valence-corrected chi connectivity index (χ3v) is 2.71. The van der Waals surface area contributed by atoms with Gasteiger partial charge in [-0.2, -0.15) is 0 Å². The van der Waals surface area contributed by atoms with E-state index in [0.717, 1.165) is 45.1 Å². The van der Waals surface area contributed by atoms with Crippen LogP contribution in [0.3, 0.4) is 0 Å². The first kappa shape index (κ1) is 12.9. The number of hydrogen-bond donors (Lipinski definition) is 2. The van der Waals surface area contributed by atoms with Gasteiger partial charge in [-0.25, -0.2) is 0 Å². The Morgan fingerprint density at radius 3 is 2.73 bits per heavy atom. The molecule has 0 bridgehead atoms. The zero-order chi connectivity index (χ0) is 10.9. The number of ether oxygens (including phenoxy) is 1. The summed E-state index contributed by atoms with van der Waals surface area (Å²) in [5.41, 5.74) is 5.66. The Morgan fingerprint density at radius 2 is 2.07 bits per heavy atom. The minimum absolute atomic E-state index is 0.341. The van der Waals surface area contributed by atoms with E-state index in [1.54, 1.807) is 0 Å². The predicted octanol–water partition coefficient (Wildman–Crippen LogP) is 1.52. The summed E-state index contributed by atoms with van der Waals surface area (Å²) < 4.78 is 5.54. The average molecular weight is 214 g/mol. The van der Waals surface area contributed by atoms with Gasteiger partial charge in [0.25, 0.3) is 0 Å². The summed E-state index contributed by atoms with van der Waals surface area (Å²) in [5, 5.41) is 3.41. The highest BCUT2D eigenvalue weighted by molar-refractivity contribution is 4.71. The van der Waals surface area contributed by atoms with Gasteiger partial charge in [0.05, 0.1) is 0 Å². The van der Waals surface area contributed by atoms with Crippen LogP contribution in [0.4, 0.5) is 0 Å². The zero-order valence-corrected chi connectivity index (χ0v) is 10.0. The Hall–Kier alpha value is -0.120. The van der Waals surface area contributed by atoms with Gasteiger partial charge in [0.1, 0.15) is 0 Å². The molecule has 1 rings (SSSR count). The normalized spacial score (nSPS) is 18.0. The molecule has 1 unspecified atom stereocenters. The van der Waals surface area contributed by atoms with Crippen molar-refractivity contribution in [3.63, 3.8) is 0 Å². The molecular formula is C12H26N2O. The van der Waals surface area contributed by atoms with Crippen molar-refractivity contribution < 1.29 is 4.74 Å². The van der Waals surface area contributed by atoms with Gasteiger partial charge >= 0.3 is 0 Å². The van der Waals surface area contributed by atoms with Gasteiger partial charge in [-0.1, -0.05) is 0 Å². The monoisotopic (exact) mass is 214 g/mol. The van der Waals surface area contributed by atoms with Crippen LogP contribution in [0.2, 0.25) is 0 Å². The van der Waals surface area contributed by atoms with Crippen molar-refractivity contribution in [1.29, 1.82) is 0 Å². The van der Waals surface area contributed by atoms with Crippen LogP contribution in [0.15, 0.2) is 0 Å². The van der Waals surface area contributed by atoms with Gasteiger partial charge < -0.3 is 15.8 Å². The molecule has 0 spiro atoms. The van der Waals surface area contributed by atoms with Crippen molar-refractivity contribution in [2.24, 2.45) is 11.7 Å². The van der Waals surface area contributed by atoms with Gasteiger partial charge in [-0.3, -0.25) is 0 Å². The molecule has 15 heavy (non-hydrogen) atoms. The molecule has 1 saturated carbocycles. The third kappa shape index (κ3) is 8.85. The smallest absolute Gasteiger partial charge is 0.0494 e. The lowest BCUT2D eigenvalue weighted by atomic mass is 10.2. The summed E-state index contributed by atoms with van der Waals surface area (Å²) >= 11 is 0. The molecule has 0 amide bonds. The van der Waals surface area contributed by atoms with Crippen LogP contribution >= 0.6 is 0 Å². The van der Waals surface area contributed by atoms with Gasteiger partial charge in [0, 0.05) is 19.3 Å².